The smallest absolute Gasteiger partial charge is 0.0121 e. The Kier molecular flexibility index (Phi) is 6.41. The molecule has 1 fully saturated rings. The van der Waals surface area contributed by atoms with Gasteiger partial charge in [0.25, 0.3) is 0 Å². The molecule has 0 aromatic heterocycles. The zero-order chi connectivity index (χ0) is 12.0. The van der Waals surface area contributed by atoms with Crippen LogP contribution in [0.5, 0.6) is 0 Å². The molecule has 0 bridgehead atoms. The van der Waals surface area contributed by atoms with E-state index in [-0.39, 0.29) is 0 Å². The van der Waals surface area contributed by atoms with Gasteiger partial charge in [0.05, 0.1) is 0 Å². The fraction of sp³-hybridized carbons (Fsp3) is 1.00. The van der Waals surface area contributed by atoms with Crippen molar-refractivity contribution in [2.75, 3.05) is 13.1 Å². The molecule has 1 aliphatic heterocycles. The van der Waals surface area contributed by atoms with Crippen LogP contribution in [-0.4, -0.2) is 24.0 Å². The van der Waals surface area contributed by atoms with E-state index in [2.05, 4.69) is 32.6 Å². The maximum Gasteiger partial charge on any atom is 0.0121 e. The van der Waals surface area contributed by atoms with Gasteiger partial charge in [-0.1, -0.05) is 40.5 Å². The summed E-state index contributed by atoms with van der Waals surface area (Å²) in [5.41, 5.74) is 0. The van der Waals surface area contributed by atoms with E-state index in [1.54, 1.807) is 0 Å². The quantitative estimate of drug-likeness (QED) is 0.650. The van der Waals surface area contributed by atoms with Crippen molar-refractivity contribution < 1.29 is 0 Å². The van der Waals surface area contributed by atoms with Crippen LogP contribution in [0.1, 0.15) is 66.2 Å². The van der Waals surface area contributed by atoms with Crippen LogP contribution in [0.4, 0.5) is 0 Å². The van der Waals surface area contributed by atoms with Crippen molar-refractivity contribution in [2.24, 2.45) is 11.8 Å². The van der Waals surface area contributed by atoms with Gasteiger partial charge in [-0.2, -0.15) is 0 Å². The van der Waals surface area contributed by atoms with Crippen molar-refractivity contribution in [1.29, 1.82) is 0 Å². The Bertz CT molecular complexity index is 178. The Balaban J connectivity index is 2.62. The van der Waals surface area contributed by atoms with Crippen molar-refractivity contribution in [2.45, 2.75) is 72.3 Å². The fourth-order valence-corrected chi connectivity index (χ4v) is 3.68. The number of hydrogen-bond acceptors (Lipinski definition) is 1. The van der Waals surface area contributed by atoms with Gasteiger partial charge in [0.15, 0.2) is 0 Å². The van der Waals surface area contributed by atoms with E-state index in [0.717, 1.165) is 17.9 Å². The fourth-order valence-electron chi connectivity index (χ4n) is 3.68. The van der Waals surface area contributed by atoms with Gasteiger partial charge in [0.2, 0.25) is 0 Å². The van der Waals surface area contributed by atoms with E-state index in [1.807, 2.05) is 0 Å². The van der Waals surface area contributed by atoms with Crippen LogP contribution in [-0.2, 0) is 0 Å². The third kappa shape index (κ3) is 3.48. The molecule has 0 N–H and O–H groups in total. The van der Waals surface area contributed by atoms with Crippen LogP contribution >= 0.6 is 0 Å². The van der Waals surface area contributed by atoms with Gasteiger partial charge < -0.3 is 4.90 Å². The first kappa shape index (κ1) is 14.0. The zero-order valence-electron chi connectivity index (χ0n) is 11.8. The van der Waals surface area contributed by atoms with E-state index < -0.39 is 0 Å². The van der Waals surface area contributed by atoms with Gasteiger partial charge in [-0.3, -0.25) is 0 Å². The van der Waals surface area contributed by atoms with Crippen molar-refractivity contribution in [3.05, 3.63) is 0 Å². The summed E-state index contributed by atoms with van der Waals surface area (Å²) in [5.74, 6) is 1.95. The number of piperidine rings is 1. The lowest BCUT2D eigenvalue weighted by atomic mass is 9.78. The second kappa shape index (κ2) is 7.32. The molecule has 96 valence electrons. The third-order valence-electron chi connectivity index (χ3n) is 4.32. The molecule has 1 nitrogen and oxygen atoms in total. The molecule has 0 radical (unpaired) electrons. The Morgan fingerprint density at radius 1 is 1.00 bits per heavy atom. The summed E-state index contributed by atoms with van der Waals surface area (Å²) in [7, 11) is 0. The first-order valence-electron chi connectivity index (χ1n) is 7.50. The summed E-state index contributed by atoms with van der Waals surface area (Å²) < 4.78 is 0. The molecule has 0 aromatic carbocycles. The lowest BCUT2D eigenvalue weighted by molar-refractivity contribution is 0.0491. The van der Waals surface area contributed by atoms with E-state index in [9.17, 15) is 0 Å². The lowest BCUT2D eigenvalue weighted by Gasteiger charge is -2.44. The van der Waals surface area contributed by atoms with Crippen LogP contribution in [0, 0.1) is 11.8 Å². The number of hydrogen-bond donors (Lipinski definition) is 0. The van der Waals surface area contributed by atoms with E-state index in [4.69, 9.17) is 0 Å². The van der Waals surface area contributed by atoms with E-state index >= 15 is 0 Å². The van der Waals surface area contributed by atoms with Gasteiger partial charge in [0, 0.05) is 12.6 Å². The van der Waals surface area contributed by atoms with E-state index in [0.29, 0.717) is 0 Å². The Morgan fingerprint density at radius 3 is 2.19 bits per heavy atom. The minimum atomic E-state index is 0.873. The minimum absolute atomic E-state index is 0.873. The first-order chi connectivity index (χ1) is 7.76. The van der Waals surface area contributed by atoms with Crippen molar-refractivity contribution in [3.8, 4) is 0 Å². The highest BCUT2D eigenvalue weighted by atomic mass is 15.2. The summed E-state index contributed by atoms with van der Waals surface area (Å²) in [5, 5.41) is 0. The maximum absolute atomic E-state index is 2.75. The van der Waals surface area contributed by atoms with Crippen molar-refractivity contribution in [1.82, 2.24) is 4.90 Å². The standard InChI is InChI=1S/C15H31N/c1-5-9-13-11-14(10-6-2)15(7-3)16(8-4)12-13/h13-15H,5-12H2,1-4H3. The van der Waals surface area contributed by atoms with Gasteiger partial charge in [-0.05, 0) is 44.1 Å². The molecule has 0 aromatic rings. The van der Waals surface area contributed by atoms with Gasteiger partial charge in [-0.15, -0.1) is 0 Å². The molecule has 3 unspecified atom stereocenters. The van der Waals surface area contributed by atoms with Crippen LogP contribution in [0.15, 0.2) is 0 Å². The highest BCUT2D eigenvalue weighted by molar-refractivity contribution is 4.86. The molecular weight excluding hydrogens is 194 g/mol. The number of rotatable bonds is 6. The monoisotopic (exact) mass is 225 g/mol. The number of likely N-dealkylation sites (tertiary alicyclic amines) is 1. The molecule has 0 aliphatic carbocycles. The topological polar surface area (TPSA) is 3.24 Å². The molecule has 1 aliphatic rings. The Hall–Kier alpha value is -0.0400. The van der Waals surface area contributed by atoms with Crippen molar-refractivity contribution in [3.63, 3.8) is 0 Å². The minimum Gasteiger partial charge on any atom is -0.300 e. The predicted molar refractivity (Wildman–Crippen MR) is 72.7 cm³/mol. The normalized spacial score (nSPS) is 31.9. The summed E-state index contributed by atoms with van der Waals surface area (Å²) in [6.07, 6.45) is 8.44. The molecule has 1 heteroatoms. The highest BCUT2D eigenvalue weighted by Gasteiger charge is 2.32. The Labute approximate surface area is 103 Å². The predicted octanol–water partition coefficient (Wildman–Crippen LogP) is 4.32. The molecule has 3 atom stereocenters. The van der Waals surface area contributed by atoms with Gasteiger partial charge >= 0.3 is 0 Å². The SMILES string of the molecule is CCCC1CC(CCC)C(CC)N(CC)C1. The highest BCUT2D eigenvalue weighted by Crippen LogP contribution is 2.34. The molecule has 0 spiro atoms. The van der Waals surface area contributed by atoms with Crippen LogP contribution in [0.2, 0.25) is 0 Å². The van der Waals surface area contributed by atoms with E-state index in [1.165, 1.54) is 51.6 Å². The molecular formula is C15H31N. The van der Waals surface area contributed by atoms with Gasteiger partial charge in [-0.25, -0.2) is 0 Å². The summed E-state index contributed by atoms with van der Waals surface area (Å²) >= 11 is 0. The largest absolute Gasteiger partial charge is 0.300 e. The molecule has 0 saturated carbocycles. The second-order valence-corrected chi connectivity index (χ2v) is 5.50. The number of nitrogens with zero attached hydrogens (tertiary/aromatic N) is 1. The van der Waals surface area contributed by atoms with Crippen LogP contribution in [0.3, 0.4) is 0 Å². The molecule has 1 saturated heterocycles. The molecule has 1 rings (SSSR count). The molecule has 0 amide bonds. The molecule has 1 heterocycles. The third-order valence-corrected chi connectivity index (χ3v) is 4.32. The Morgan fingerprint density at radius 2 is 1.69 bits per heavy atom. The second-order valence-electron chi connectivity index (χ2n) is 5.50. The summed E-state index contributed by atoms with van der Waals surface area (Å²) in [6, 6.07) is 0.873. The van der Waals surface area contributed by atoms with Gasteiger partial charge in [0.1, 0.15) is 0 Å². The maximum atomic E-state index is 2.75. The van der Waals surface area contributed by atoms with Crippen molar-refractivity contribution >= 4 is 0 Å². The van der Waals surface area contributed by atoms with Crippen LogP contribution < -0.4 is 0 Å². The van der Waals surface area contributed by atoms with Crippen LogP contribution in [0.25, 0.3) is 0 Å². The lowest BCUT2D eigenvalue weighted by Crippen LogP contribution is -2.48. The summed E-state index contributed by atoms with van der Waals surface area (Å²) in [6.45, 7) is 12.0. The zero-order valence-corrected chi connectivity index (χ0v) is 11.8. The average Bonchev–Trinajstić information content (AvgIpc) is 2.29. The first-order valence-corrected chi connectivity index (χ1v) is 7.50. The average molecular weight is 225 g/mol. The molecule has 16 heavy (non-hydrogen) atoms. The summed E-state index contributed by atoms with van der Waals surface area (Å²) in [4.78, 5) is 2.75.